The largest absolute Gasteiger partial charge is 0.395 e. The first-order valence-corrected chi connectivity index (χ1v) is 5.96. The first-order valence-electron chi connectivity index (χ1n) is 5.96. The number of rotatable bonds is 5. The monoisotopic (exact) mass is 250 g/mol. The third kappa shape index (κ3) is 2.04. The third-order valence-corrected chi connectivity index (χ3v) is 3.13. The SMILES string of the molecule is Cc1c(C)n(CCO)c2ncnc(NCCO)c12. The molecule has 0 aliphatic rings. The number of aliphatic hydroxyl groups is 2. The Morgan fingerprint density at radius 3 is 2.67 bits per heavy atom. The highest BCUT2D eigenvalue weighted by Gasteiger charge is 2.15. The molecule has 0 unspecified atom stereocenters. The van der Waals surface area contributed by atoms with Crippen LogP contribution in [0.5, 0.6) is 0 Å². The fourth-order valence-electron chi connectivity index (χ4n) is 2.15. The van der Waals surface area contributed by atoms with Gasteiger partial charge in [0.25, 0.3) is 0 Å². The van der Waals surface area contributed by atoms with E-state index in [1.54, 1.807) is 0 Å². The van der Waals surface area contributed by atoms with E-state index >= 15 is 0 Å². The van der Waals surface area contributed by atoms with E-state index in [0.29, 0.717) is 13.1 Å². The zero-order valence-electron chi connectivity index (χ0n) is 10.6. The molecule has 3 N–H and O–H groups in total. The van der Waals surface area contributed by atoms with Crippen molar-refractivity contribution in [3.05, 3.63) is 17.6 Å². The van der Waals surface area contributed by atoms with Gasteiger partial charge in [0.1, 0.15) is 17.8 Å². The van der Waals surface area contributed by atoms with Crippen LogP contribution in [0.2, 0.25) is 0 Å². The highest BCUT2D eigenvalue weighted by molar-refractivity contribution is 5.91. The van der Waals surface area contributed by atoms with Crippen molar-refractivity contribution in [2.75, 3.05) is 25.1 Å². The Morgan fingerprint density at radius 1 is 1.22 bits per heavy atom. The highest BCUT2D eigenvalue weighted by Crippen LogP contribution is 2.28. The summed E-state index contributed by atoms with van der Waals surface area (Å²) in [6.07, 6.45) is 1.49. The Hall–Kier alpha value is -1.66. The Kier molecular flexibility index (Phi) is 3.78. The van der Waals surface area contributed by atoms with Crippen molar-refractivity contribution in [2.24, 2.45) is 0 Å². The molecule has 0 bridgehead atoms. The molecule has 0 atom stereocenters. The van der Waals surface area contributed by atoms with Crippen LogP contribution in [0.25, 0.3) is 11.0 Å². The molecule has 2 aromatic rings. The summed E-state index contributed by atoms with van der Waals surface area (Å²) in [4.78, 5) is 8.50. The van der Waals surface area contributed by atoms with E-state index in [0.717, 1.165) is 28.1 Å². The smallest absolute Gasteiger partial charge is 0.146 e. The summed E-state index contributed by atoms with van der Waals surface area (Å²) in [5.74, 6) is 0.728. The fraction of sp³-hybridized carbons (Fsp3) is 0.500. The zero-order valence-corrected chi connectivity index (χ0v) is 10.6. The lowest BCUT2D eigenvalue weighted by Gasteiger charge is -2.06. The Morgan fingerprint density at radius 2 is 2.00 bits per heavy atom. The van der Waals surface area contributed by atoms with Crippen molar-refractivity contribution in [2.45, 2.75) is 20.4 Å². The fourth-order valence-corrected chi connectivity index (χ4v) is 2.15. The predicted molar refractivity (Wildman–Crippen MR) is 69.7 cm³/mol. The highest BCUT2D eigenvalue weighted by atomic mass is 16.3. The van der Waals surface area contributed by atoms with E-state index < -0.39 is 0 Å². The lowest BCUT2D eigenvalue weighted by molar-refractivity contribution is 0.276. The Balaban J connectivity index is 2.58. The van der Waals surface area contributed by atoms with Gasteiger partial charge in [0.05, 0.1) is 18.6 Å². The van der Waals surface area contributed by atoms with Gasteiger partial charge in [-0.3, -0.25) is 0 Å². The van der Waals surface area contributed by atoms with Gasteiger partial charge in [-0.25, -0.2) is 9.97 Å². The van der Waals surface area contributed by atoms with Gasteiger partial charge in [0.15, 0.2) is 0 Å². The summed E-state index contributed by atoms with van der Waals surface area (Å²) in [7, 11) is 0. The second kappa shape index (κ2) is 5.32. The van der Waals surface area contributed by atoms with Crippen LogP contribution in [0, 0.1) is 13.8 Å². The predicted octanol–water partition coefficient (Wildman–Crippen LogP) is 0.445. The molecule has 0 radical (unpaired) electrons. The van der Waals surface area contributed by atoms with Crippen LogP contribution in [-0.4, -0.2) is 44.5 Å². The summed E-state index contributed by atoms with van der Waals surface area (Å²) in [6.45, 7) is 5.12. The number of nitrogens with zero attached hydrogens (tertiary/aromatic N) is 3. The van der Waals surface area contributed by atoms with E-state index in [4.69, 9.17) is 10.2 Å². The Bertz CT molecular complexity index is 550. The molecular weight excluding hydrogens is 232 g/mol. The summed E-state index contributed by atoms with van der Waals surface area (Å²) < 4.78 is 1.98. The molecule has 2 heterocycles. The van der Waals surface area contributed by atoms with E-state index in [-0.39, 0.29) is 13.2 Å². The zero-order chi connectivity index (χ0) is 13.1. The molecule has 0 saturated carbocycles. The molecule has 6 nitrogen and oxygen atoms in total. The number of aliphatic hydroxyl groups excluding tert-OH is 2. The molecule has 0 aliphatic heterocycles. The maximum absolute atomic E-state index is 9.11. The van der Waals surface area contributed by atoms with Gasteiger partial charge in [-0.05, 0) is 19.4 Å². The second-order valence-electron chi connectivity index (χ2n) is 4.16. The first kappa shape index (κ1) is 12.8. The standard InChI is InChI=1S/C12H18N4O2/c1-8-9(2)16(4-6-18)12-10(8)11(13-3-5-17)14-7-15-12/h7,17-18H,3-6H2,1-2H3,(H,13,14,15). The maximum Gasteiger partial charge on any atom is 0.146 e. The van der Waals surface area contributed by atoms with Gasteiger partial charge in [0.2, 0.25) is 0 Å². The molecule has 0 fully saturated rings. The first-order chi connectivity index (χ1) is 8.70. The number of nitrogens with one attached hydrogen (secondary N) is 1. The molecule has 0 aliphatic carbocycles. The van der Waals surface area contributed by atoms with Gasteiger partial charge in [-0.15, -0.1) is 0 Å². The summed E-state index contributed by atoms with van der Waals surface area (Å²) in [5.41, 5.74) is 2.99. The van der Waals surface area contributed by atoms with Gasteiger partial charge in [0, 0.05) is 18.8 Å². The van der Waals surface area contributed by atoms with E-state index in [1.807, 2.05) is 18.4 Å². The minimum atomic E-state index is 0.0564. The number of anilines is 1. The normalized spacial score (nSPS) is 11.1. The maximum atomic E-state index is 9.11. The number of aryl methyl sites for hydroxylation is 1. The number of hydrogen-bond donors (Lipinski definition) is 3. The van der Waals surface area contributed by atoms with Crippen LogP contribution in [0.4, 0.5) is 5.82 Å². The van der Waals surface area contributed by atoms with Crippen molar-refractivity contribution in [3.8, 4) is 0 Å². The summed E-state index contributed by atoms with van der Waals surface area (Å²) in [6, 6.07) is 0. The molecule has 2 aromatic heterocycles. The second-order valence-corrected chi connectivity index (χ2v) is 4.16. The lowest BCUT2D eigenvalue weighted by Crippen LogP contribution is -2.08. The molecule has 0 amide bonds. The van der Waals surface area contributed by atoms with Crippen LogP contribution >= 0.6 is 0 Å². The van der Waals surface area contributed by atoms with Crippen molar-refractivity contribution in [3.63, 3.8) is 0 Å². The lowest BCUT2D eigenvalue weighted by atomic mass is 10.2. The van der Waals surface area contributed by atoms with Crippen molar-refractivity contribution in [1.29, 1.82) is 0 Å². The number of fused-ring (bicyclic) bond motifs is 1. The van der Waals surface area contributed by atoms with Crippen LogP contribution in [0.3, 0.4) is 0 Å². The molecule has 0 aromatic carbocycles. The van der Waals surface area contributed by atoms with Crippen LogP contribution in [0.1, 0.15) is 11.3 Å². The number of hydrogen-bond acceptors (Lipinski definition) is 5. The average Bonchev–Trinajstić information content (AvgIpc) is 2.63. The van der Waals surface area contributed by atoms with Gasteiger partial charge < -0.3 is 20.1 Å². The third-order valence-electron chi connectivity index (χ3n) is 3.13. The average molecular weight is 250 g/mol. The molecule has 98 valence electrons. The van der Waals surface area contributed by atoms with Gasteiger partial charge in [-0.2, -0.15) is 0 Å². The molecule has 0 spiro atoms. The topological polar surface area (TPSA) is 83.2 Å². The van der Waals surface area contributed by atoms with Gasteiger partial charge in [-0.1, -0.05) is 0 Å². The molecule has 6 heteroatoms. The van der Waals surface area contributed by atoms with E-state index in [2.05, 4.69) is 15.3 Å². The summed E-state index contributed by atoms with van der Waals surface area (Å²) in [5, 5.41) is 22.0. The molecule has 18 heavy (non-hydrogen) atoms. The van der Waals surface area contributed by atoms with Gasteiger partial charge >= 0.3 is 0 Å². The molecular formula is C12H18N4O2. The molecule has 0 saturated heterocycles. The van der Waals surface area contributed by atoms with Crippen LogP contribution < -0.4 is 5.32 Å². The summed E-state index contributed by atoms with van der Waals surface area (Å²) >= 11 is 0. The number of aromatic nitrogens is 3. The van der Waals surface area contributed by atoms with Crippen LogP contribution in [-0.2, 0) is 6.54 Å². The minimum absolute atomic E-state index is 0.0564. The van der Waals surface area contributed by atoms with Crippen molar-refractivity contribution < 1.29 is 10.2 Å². The van der Waals surface area contributed by atoms with Crippen molar-refractivity contribution >= 4 is 16.9 Å². The van der Waals surface area contributed by atoms with Crippen molar-refractivity contribution in [1.82, 2.24) is 14.5 Å². The minimum Gasteiger partial charge on any atom is -0.395 e. The van der Waals surface area contributed by atoms with Crippen LogP contribution in [0.15, 0.2) is 6.33 Å². The molecule has 2 rings (SSSR count). The van der Waals surface area contributed by atoms with E-state index in [1.165, 1.54) is 6.33 Å². The Labute approximate surface area is 105 Å². The quantitative estimate of drug-likeness (QED) is 0.717. The van der Waals surface area contributed by atoms with E-state index in [9.17, 15) is 0 Å².